The standard InChI is InChI=1S/C19H33N5O/c1-6-24(16-11-8-7-9-12-16)14-10-13-21-18(20-5)22-15-17(25)23-19(2,3)4/h7-9,11-12H,6,10,13-15H2,1-5H3,(H,23,25)(H2,20,21,22). The third kappa shape index (κ3) is 8.98. The van der Waals surface area contributed by atoms with Gasteiger partial charge < -0.3 is 20.9 Å². The van der Waals surface area contributed by atoms with Crippen LogP contribution >= 0.6 is 0 Å². The molecule has 0 heterocycles. The Morgan fingerprint density at radius 2 is 1.84 bits per heavy atom. The van der Waals surface area contributed by atoms with Gasteiger partial charge in [0.05, 0.1) is 6.54 Å². The van der Waals surface area contributed by atoms with Crippen molar-refractivity contribution in [3.05, 3.63) is 30.3 Å². The second-order valence-electron chi connectivity index (χ2n) is 6.92. The number of nitrogens with one attached hydrogen (secondary N) is 3. The molecule has 0 aliphatic rings. The molecule has 0 saturated carbocycles. The zero-order chi connectivity index (χ0) is 18.7. The summed E-state index contributed by atoms with van der Waals surface area (Å²) in [6, 6.07) is 10.4. The Bertz CT molecular complexity index is 536. The van der Waals surface area contributed by atoms with Crippen molar-refractivity contribution in [1.82, 2.24) is 16.0 Å². The van der Waals surface area contributed by atoms with Crippen LogP contribution in [0.5, 0.6) is 0 Å². The van der Waals surface area contributed by atoms with Crippen LogP contribution in [0.4, 0.5) is 5.69 Å². The van der Waals surface area contributed by atoms with Crippen LogP contribution in [0.2, 0.25) is 0 Å². The molecule has 0 saturated heterocycles. The van der Waals surface area contributed by atoms with Crippen molar-refractivity contribution in [2.24, 2.45) is 4.99 Å². The van der Waals surface area contributed by atoms with Crippen molar-refractivity contribution in [3.63, 3.8) is 0 Å². The molecule has 1 amide bonds. The number of carbonyl (C=O) groups excluding carboxylic acids is 1. The lowest BCUT2D eigenvalue weighted by atomic mass is 10.1. The minimum absolute atomic E-state index is 0.0447. The van der Waals surface area contributed by atoms with Crippen LogP contribution in [-0.4, -0.2) is 50.6 Å². The highest BCUT2D eigenvalue weighted by molar-refractivity contribution is 5.86. The second kappa shape index (κ2) is 10.6. The van der Waals surface area contributed by atoms with Gasteiger partial charge in [-0.2, -0.15) is 0 Å². The van der Waals surface area contributed by atoms with Crippen LogP contribution in [0, 0.1) is 0 Å². The summed E-state index contributed by atoms with van der Waals surface area (Å²) in [5, 5.41) is 9.21. The van der Waals surface area contributed by atoms with Crippen LogP contribution in [0.25, 0.3) is 0 Å². The molecule has 0 radical (unpaired) electrons. The van der Waals surface area contributed by atoms with Gasteiger partial charge in [0.15, 0.2) is 5.96 Å². The van der Waals surface area contributed by atoms with Crippen LogP contribution in [-0.2, 0) is 4.79 Å². The maximum Gasteiger partial charge on any atom is 0.239 e. The smallest absolute Gasteiger partial charge is 0.239 e. The Hall–Kier alpha value is -2.24. The molecule has 3 N–H and O–H groups in total. The molecular weight excluding hydrogens is 314 g/mol. The molecule has 25 heavy (non-hydrogen) atoms. The van der Waals surface area contributed by atoms with E-state index in [4.69, 9.17) is 0 Å². The number of hydrogen-bond donors (Lipinski definition) is 3. The van der Waals surface area contributed by atoms with Gasteiger partial charge in [0.25, 0.3) is 0 Å². The summed E-state index contributed by atoms with van der Waals surface area (Å²) < 4.78 is 0. The van der Waals surface area contributed by atoms with E-state index in [0.717, 1.165) is 26.1 Å². The monoisotopic (exact) mass is 347 g/mol. The molecule has 0 unspecified atom stereocenters. The molecule has 0 aliphatic heterocycles. The summed E-state index contributed by atoms with van der Waals surface area (Å²) in [6.45, 7) is 11.0. The molecule has 1 rings (SSSR count). The molecule has 0 atom stereocenters. The molecular formula is C19H33N5O. The summed E-state index contributed by atoms with van der Waals surface area (Å²) in [6.07, 6.45) is 0.984. The first-order valence-corrected chi connectivity index (χ1v) is 8.91. The number of aliphatic imine (C=N–C) groups is 1. The van der Waals surface area contributed by atoms with Crippen molar-refractivity contribution < 1.29 is 4.79 Å². The third-order valence-corrected chi connectivity index (χ3v) is 3.55. The van der Waals surface area contributed by atoms with E-state index in [1.54, 1.807) is 7.05 Å². The summed E-state index contributed by atoms with van der Waals surface area (Å²) in [4.78, 5) is 18.3. The maximum atomic E-state index is 11.8. The number of para-hydroxylation sites is 1. The highest BCUT2D eigenvalue weighted by atomic mass is 16.2. The average molecular weight is 348 g/mol. The number of rotatable bonds is 8. The number of anilines is 1. The van der Waals surface area contributed by atoms with E-state index in [-0.39, 0.29) is 18.0 Å². The summed E-state index contributed by atoms with van der Waals surface area (Å²) in [5.74, 6) is 0.600. The molecule has 0 fully saturated rings. The van der Waals surface area contributed by atoms with Crippen molar-refractivity contribution in [2.45, 2.75) is 39.7 Å². The molecule has 0 aromatic heterocycles. The van der Waals surface area contributed by atoms with Gasteiger partial charge in [-0.3, -0.25) is 9.79 Å². The lowest BCUT2D eigenvalue weighted by Crippen LogP contribution is -2.48. The van der Waals surface area contributed by atoms with Gasteiger partial charge >= 0.3 is 0 Å². The van der Waals surface area contributed by atoms with Crippen LogP contribution in [0.1, 0.15) is 34.1 Å². The fourth-order valence-corrected chi connectivity index (χ4v) is 2.43. The molecule has 6 heteroatoms. The number of guanidine groups is 1. The second-order valence-corrected chi connectivity index (χ2v) is 6.92. The van der Waals surface area contributed by atoms with Crippen LogP contribution < -0.4 is 20.9 Å². The van der Waals surface area contributed by atoms with Crippen molar-refractivity contribution in [3.8, 4) is 0 Å². The molecule has 1 aromatic rings. The van der Waals surface area contributed by atoms with Crippen LogP contribution in [0.3, 0.4) is 0 Å². The predicted octanol–water partition coefficient (Wildman–Crippen LogP) is 1.98. The Labute approximate surface area is 152 Å². The van der Waals surface area contributed by atoms with E-state index in [9.17, 15) is 4.79 Å². The molecule has 140 valence electrons. The lowest BCUT2D eigenvalue weighted by molar-refractivity contribution is -0.121. The molecule has 0 aliphatic carbocycles. The number of hydrogen-bond acceptors (Lipinski definition) is 3. The molecule has 0 bridgehead atoms. The normalized spacial score (nSPS) is 11.8. The van der Waals surface area contributed by atoms with E-state index >= 15 is 0 Å². The summed E-state index contributed by atoms with van der Waals surface area (Å²) >= 11 is 0. The van der Waals surface area contributed by atoms with E-state index in [1.165, 1.54) is 5.69 Å². The van der Waals surface area contributed by atoms with Gasteiger partial charge in [-0.15, -0.1) is 0 Å². The van der Waals surface area contributed by atoms with E-state index in [0.29, 0.717) is 5.96 Å². The van der Waals surface area contributed by atoms with E-state index in [1.807, 2.05) is 26.8 Å². The highest BCUT2D eigenvalue weighted by Gasteiger charge is 2.13. The van der Waals surface area contributed by atoms with E-state index < -0.39 is 0 Å². The first-order chi connectivity index (χ1) is 11.9. The van der Waals surface area contributed by atoms with Gasteiger partial charge in [-0.25, -0.2) is 0 Å². The highest BCUT2D eigenvalue weighted by Crippen LogP contribution is 2.12. The Kier molecular flexibility index (Phi) is 8.81. The number of amides is 1. The lowest BCUT2D eigenvalue weighted by Gasteiger charge is -2.23. The Morgan fingerprint density at radius 3 is 2.40 bits per heavy atom. The SMILES string of the molecule is CCN(CCCNC(=NC)NCC(=O)NC(C)(C)C)c1ccccc1. The summed E-state index contributed by atoms with van der Waals surface area (Å²) in [5.41, 5.74) is 1.02. The minimum Gasteiger partial charge on any atom is -0.372 e. The number of benzene rings is 1. The molecule has 1 aromatic carbocycles. The van der Waals surface area contributed by atoms with Crippen molar-refractivity contribution >= 4 is 17.6 Å². The van der Waals surface area contributed by atoms with Crippen LogP contribution in [0.15, 0.2) is 35.3 Å². The van der Waals surface area contributed by atoms with Gasteiger partial charge in [0.2, 0.25) is 5.91 Å². The Balaban J connectivity index is 2.30. The van der Waals surface area contributed by atoms with E-state index in [2.05, 4.69) is 57.0 Å². The predicted molar refractivity (Wildman–Crippen MR) is 106 cm³/mol. The molecule has 0 spiro atoms. The third-order valence-electron chi connectivity index (χ3n) is 3.55. The quantitative estimate of drug-likeness (QED) is 0.382. The summed E-state index contributed by atoms with van der Waals surface area (Å²) in [7, 11) is 1.71. The first-order valence-electron chi connectivity index (χ1n) is 8.91. The number of nitrogens with zero attached hydrogens (tertiary/aromatic N) is 2. The zero-order valence-corrected chi connectivity index (χ0v) is 16.2. The van der Waals surface area contributed by atoms with Gasteiger partial charge in [0, 0.05) is 37.9 Å². The van der Waals surface area contributed by atoms with Gasteiger partial charge in [-0.05, 0) is 46.2 Å². The minimum atomic E-state index is -0.225. The zero-order valence-electron chi connectivity index (χ0n) is 16.2. The average Bonchev–Trinajstić information content (AvgIpc) is 2.56. The van der Waals surface area contributed by atoms with Gasteiger partial charge in [-0.1, -0.05) is 18.2 Å². The topological polar surface area (TPSA) is 68.8 Å². The largest absolute Gasteiger partial charge is 0.372 e. The van der Waals surface area contributed by atoms with Crippen molar-refractivity contribution in [1.29, 1.82) is 0 Å². The maximum absolute atomic E-state index is 11.8. The number of carbonyl (C=O) groups is 1. The molecule has 6 nitrogen and oxygen atoms in total. The van der Waals surface area contributed by atoms with Crippen molar-refractivity contribution in [2.75, 3.05) is 38.1 Å². The fourth-order valence-electron chi connectivity index (χ4n) is 2.43. The van der Waals surface area contributed by atoms with Gasteiger partial charge in [0.1, 0.15) is 0 Å². The fraction of sp³-hybridized carbons (Fsp3) is 0.579. The first kappa shape index (κ1) is 20.8. The Morgan fingerprint density at radius 1 is 1.16 bits per heavy atom.